The third-order valence-electron chi connectivity index (χ3n) is 14.5. The monoisotopic (exact) mass is 733 g/mol. The molecule has 1 unspecified atom stereocenters. The van der Waals surface area contributed by atoms with Gasteiger partial charge in [-0.1, -0.05) is 38.1 Å². The fourth-order valence-electron chi connectivity index (χ4n) is 11.7. The molecule has 53 heavy (non-hydrogen) atoms. The number of allylic oxidation sites excluding steroid dienone is 4. The fourth-order valence-corrected chi connectivity index (χ4v) is 11.7. The van der Waals surface area contributed by atoms with Crippen LogP contribution < -0.4 is 9.47 Å². The number of fused-ring (bicyclic) bond motifs is 1. The smallest absolute Gasteiger partial charge is 0.227 e. The fraction of sp³-hybridized carbons (Fsp3) is 0.581. The largest absolute Gasteiger partial charge is 0.493 e. The van der Waals surface area contributed by atoms with E-state index in [9.17, 15) is 28.6 Å². The van der Waals surface area contributed by atoms with E-state index in [-0.39, 0.29) is 47.5 Å². The van der Waals surface area contributed by atoms with Gasteiger partial charge in [-0.2, -0.15) is 0 Å². The molecule has 8 nitrogen and oxygen atoms in total. The number of methoxy groups -OCH3 is 3. The van der Waals surface area contributed by atoms with E-state index < -0.39 is 39.6 Å². The normalized spacial score (nSPS) is 35.2. The summed E-state index contributed by atoms with van der Waals surface area (Å²) in [6.45, 7) is 5.41. The first-order valence-electron chi connectivity index (χ1n) is 19.0. The number of rotatable bonds is 12. The van der Waals surface area contributed by atoms with Gasteiger partial charge in [-0.3, -0.25) is 9.59 Å². The summed E-state index contributed by atoms with van der Waals surface area (Å²) in [7, 11) is 4.74. The number of hydrogen-bond donors (Lipinski definition) is 2. The van der Waals surface area contributed by atoms with Crippen molar-refractivity contribution in [3.8, 4) is 11.5 Å². The highest BCUT2D eigenvalue weighted by atomic mass is 19.2. The molecule has 2 N–H and O–H groups in total. The molecule has 2 aromatic carbocycles. The molecule has 0 aliphatic heterocycles. The topological polar surface area (TPSA) is 106 Å². The van der Waals surface area contributed by atoms with Crippen molar-refractivity contribution in [3.63, 3.8) is 0 Å². The summed E-state index contributed by atoms with van der Waals surface area (Å²) in [6, 6.07) is 8.75. The molecule has 1 amide bonds. The number of aliphatic hydroxyl groups is 2. The molecule has 0 radical (unpaired) electrons. The number of carbonyl (C=O) groups is 2. The van der Waals surface area contributed by atoms with Gasteiger partial charge in [0, 0.05) is 54.2 Å². The average Bonchev–Trinajstić information content (AvgIpc) is 3.41. The van der Waals surface area contributed by atoms with Crippen molar-refractivity contribution in [1.82, 2.24) is 4.90 Å². The second-order valence-electron chi connectivity index (χ2n) is 16.8. The van der Waals surface area contributed by atoms with Crippen LogP contribution in [-0.4, -0.2) is 79.5 Å². The minimum Gasteiger partial charge on any atom is -0.493 e. The van der Waals surface area contributed by atoms with Crippen LogP contribution in [0.2, 0.25) is 0 Å². The van der Waals surface area contributed by atoms with Crippen molar-refractivity contribution in [1.29, 1.82) is 0 Å². The molecular weight excluding hydrogens is 680 g/mol. The Hall–Kier alpha value is -3.60. The summed E-state index contributed by atoms with van der Waals surface area (Å²) < 4.78 is 44.9. The number of ether oxygens (including phenoxy) is 3. The molecule has 8 atom stereocenters. The number of carbonyl (C=O) groups excluding carboxylic acids is 2. The van der Waals surface area contributed by atoms with E-state index in [2.05, 4.69) is 32.1 Å². The van der Waals surface area contributed by atoms with Crippen LogP contribution in [0.3, 0.4) is 0 Å². The van der Waals surface area contributed by atoms with Crippen molar-refractivity contribution >= 4 is 11.7 Å². The molecule has 2 aromatic rings. The zero-order valence-corrected chi connectivity index (χ0v) is 31.6. The van der Waals surface area contributed by atoms with Crippen molar-refractivity contribution in [2.24, 2.45) is 33.5 Å². The van der Waals surface area contributed by atoms with Gasteiger partial charge in [-0.25, -0.2) is 8.78 Å². The number of hydrogen-bond acceptors (Lipinski definition) is 7. The lowest BCUT2D eigenvalue weighted by atomic mass is 9.32. The summed E-state index contributed by atoms with van der Waals surface area (Å²) in [5, 5.41) is 23.9. The Labute approximate surface area is 311 Å². The van der Waals surface area contributed by atoms with Gasteiger partial charge in [0.1, 0.15) is 0 Å². The van der Waals surface area contributed by atoms with Crippen LogP contribution in [0.1, 0.15) is 81.1 Å². The van der Waals surface area contributed by atoms with Crippen LogP contribution >= 0.6 is 0 Å². The van der Waals surface area contributed by atoms with Gasteiger partial charge in [-0.05, 0) is 105 Å². The van der Waals surface area contributed by atoms with Crippen molar-refractivity contribution < 1.29 is 42.8 Å². The third-order valence-corrected chi connectivity index (χ3v) is 14.5. The van der Waals surface area contributed by atoms with Gasteiger partial charge < -0.3 is 29.3 Å². The molecule has 0 heterocycles. The first-order valence-corrected chi connectivity index (χ1v) is 19.0. The third kappa shape index (κ3) is 5.68. The first-order chi connectivity index (χ1) is 25.2. The molecule has 286 valence electrons. The molecule has 2 spiro atoms. The predicted octanol–water partition coefficient (Wildman–Crippen LogP) is 6.86. The van der Waals surface area contributed by atoms with Gasteiger partial charge >= 0.3 is 0 Å². The highest BCUT2D eigenvalue weighted by Gasteiger charge is 2.74. The molecular formula is C43H53F2NO7. The van der Waals surface area contributed by atoms with Crippen LogP contribution in [0.25, 0.3) is 0 Å². The van der Waals surface area contributed by atoms with Gasteiger partial charge in [0.25, 0.3) is 0 Å². The van der Waals surface area contributed by atoms with Crippen LogP contribution in [0.15, 0.2) is 60.2 Å². The number of halogens is 2. The SMILES string of the molecule is COCCCN(C[C@]1(O)CC[C@H]2[C@]34C=C[C@@]5(C=C3C(=O)c3ccc(F)c(F)c3)CC(O)CC[C@]5(C)[C@H]4CC[C@@]21C)C(=O)Cc1ccc(OC)c(OC)c1. The predicted molar refractivity (Wildman–Crippen MR) is 196 cm³/mol. The van der Waals surface area contributed by atoms with E-state index in [0.29, 0.717) is 68.7 Å². The van der Waals surface area contributed by atoms with Crippen molar-refractivity contribution in [2.75, 3.05) is 41.0 Å². The summed E-state index contributed by atoms with van der Waals surface area (Å²) in [4.78, 5) is 30.6. The molecule has 6 aliphatic rings. The quantitative estimate of drug-likeness (QED) is 0.140. The molecule has 6 aliphatic carbocycles. The Morgan fingerprint density at radius 1 is 0.887 bits per heavy atom. The molecule has 0 saturated heterocycles. The van der Waals surface area contributed by atoms with Crippen LogP contribution in [-0.2, 0) is 16.0 Å². The van der Waals surface area contributed by atoms with Crippen LogP contribution in [0.5, 0.6) is 11.5 Å². The number of Topliss-reactive ketones (excluding diaryl/α,β-unsaturated/α-hetero) is 1. The zero-order chi connectivity index (χ0) is 38.0. The zero-order valence-electron chi connectivity index (χ0n) is 31.6. The lowest BCUT2D eigenvalue weighted by molar-refractivity contribution is -0.178. The van der Waals surface area contributed by atoms with E-state index in [1.165, 1.54) is 6.07 Å². The van der Waals surface area contributed by atoms with Crippen LogP contribution in [0.4, 0.5) is 8.78 Å². The maximum atomic E-state index is 14.7. The Balaban J connectivity index is 1.26. The first kappa shape index (κ1) is 37.7. The second kappa shape index (κ2) is 13.6. The Bertz CT molecular complexity index is 1850. The van der Waals surface area contributed by atoms with Crippen molar-refractivity contribution in [2.45, 2.75) is 83.3 Å². The lowest BCUT2D eigenvalue weighted by Gasteiger charge is -2.71. The maximum absolute atomic E-state index is 14.7. The summed E-state index contributed by atoms with van der Waals surface area (Å²) >= 11 is 0. The standard InChI is InChI=1S/C43H53F2NO7/c1-39-14-11-29(47)24-41(39)17-18-43(30(25-41)38(49)28-8-9-31(44)32(45)23-28)35(39)12-15-40(2)36(43)13-16-42(40,50)26-46(19-6-20-51-3)37(48)22-27-7-10-33(52-4)34(21-27)53-5/h7-10,17-18,21,23,25,29,35-36,47,50H,6,11-16,19-20,22,24,26H2,1-5H3/t29?,35-,36-,39-,40+,41+,42-,43-/m1/s1. The molecule has 2 bridgehead atoms. The van der Waals surface area contributed by atoms with E-state index in [1.807, 2.05) is 6.07 Å². The number of amides is 1. The van der Waals surface area contributed by atoms with E-state index in [0.717, 1.165) is 30.5 Å². The molecule has 3 saturated carbocycles. The minimum atomic E-state index is -1.27. The van der Waals surface area contributed by atoms with Gasteiger partial charge in [0.15, 0.2) is 28.9 Å². The van der Waals surface area contributed by atoms with Crippen molar-refractivity contribution in [3.05, 3.63) is 83.0 Å². The maximum Gasteiger partial charge on any atom is 0.227 e. The molecule has 3 fully saturated rings. The van der Waals surface area contributed by atoms with Gasteiger partial charge in [0.05, 0.1) is 32.3 Å². The number of benzene rings is 2. The van der Waals surface area contributed by atoms with E-state index >= 15 is 0 Å². The molecule has 0 aromatic heterocycles. The highest BCUT2D eigenvalue weighted by Crippen LogP contribution is 2.78. The van der Waals surface area contributed by atoms with E-state index in [4.69, 9.17) is 14.2 Å². The van der Waals surface area contributed by atoms with Gasteiger partial charge in [-0.15, -0.1) is 0 Å². The Morgan fingerprint density at radius 3 is 2.32 bits per heavy atom. The summed E-state index contributed by atoms with van der Waals surface area (Å²) in [5.41, 5.74) is -2.12. The number of nitrogens with zero attached hydrogens (tertiary/aromatic N) is 1. The summed E-state index contributed by atoms with van der Waals surface area (Å²) in [6.07, 6.45) is 11.1. The lowest BCUT2D eigenvalue weighted by Crippen LogP contribution is -2.67. The van der Waals surface area contributed by atoms with Crippen LogP contribution in [0, 0.1) is 45.1 Å². The molecule has 10 heteroatoms. The minimum absolute atomic E-state index is 0.0339. The second-order valence-corrected chi connectivity index (χ2v) is 16.8. The van der Waals surface area contributed by atoms with E-state index in [1.54, 1.807) is 38.4 Å². The number of ketones is 1. The summed E-state index contributed by atoms with van der Waals surface area (Å²) in [5.74, 6) is -1.58. The average molecular weight is 734 g/mol. The number of aliphatic hydroxyl groups excluding tert-OH is 1. The Kier molecular flexibility index (Phi) is 9.68. The van der Waals surface area contributed by atoms with Gasteiger partial charge in [0.2, 0.25) is 5.91 Å². The Morgan fingerprint density at radius 2 is 1.60 bits per heavy atom. The highest BCUT2D eigenvalue weighted by molar-refractivity contribution is 6.10. The molecule has 8 rings (SSSR count).